The summed E-state index contributed by atoms with van der Waals surface area (Å²) in [7, 11) is 0. The Morgan fingerprint density at radius 3 is 2.00 bits per heavy atom. The SMILES string of the molecule is CCCCC/C=C\C/C=C\CCCCCCCC(=O)OCC(CO)(CO)COC(=O)c1ccccc1. The van der Waals surface area contributed by atoms with Crippen molar-refractivity contribution in [1.29, 1.82) is 0 Å². The maximum Gasteiger partial charge on any atom is 0.338 e. The predicted octanol–water partition coefficient (Wildman–Crippen LogP) is 6.17. The van der Waals surface area contributed by atoms with Gasteiger partial charge in [-0.2, -0.15) is 0 Å². The Labute approximate surface area is 217 Å². The molecule has 0 saturated heterocycles. The minimum absolute atomic E-state index is 0.207. The van der Waals surface area contributed by atoms with Gasteiger partial charge in [0.05, 0.1) is 24.2 Å². The first kappa shape index (κ1) is 31.6. The molecule has 0 heterocycles. The first-order valence-electron chi connectivity index (χ1n) is 13.5. The van der Waals surface area contributed by atoms with E-state index in [2.05, 4.69) is 31.2 Å². The monoisotopic (exact) mass is 502 g/mol. The average Bonchev–Trinajstić information content (AvgIpc) is 2.91. The van der Waals surface area contributed by atoms with E-state index in [1.807, 2.05) is 0 Å². The third kappa shape index (κ3) is 14.8. The number of benzene rings is 1. The van der Waals surface area contributed by atoms with Crippen molar-refractivity contribution in [2.45, 2.75) is 84.0 Å². The molecular formula is C30H46O6. The minimum Gasteiger partial charge on any atom is -0.465 e. The molecule has 202 valence electrons. The maximum atomic E-state index is 12.1. The summed E-state index contributed by atoms with van der Waals surface area (Å²) < 4.78 is 10.5. The fourth-order valence-electron chi connectivity index (χ4n) is 3.54. The predicted molar refractivity (Wildman–Crippen MR) is 144 cm³/mol. The van der Waals surface area contributed by atoms with Gasteiger partial charge in [0, 0.05) is 6.42 Å². The molecule has 0 aliphatic heterocycles. The first-order valence-corrected chi connectivity index (χ1v) is 13.5. The molecule has 2 N–H and O–H groups in total. The van der Waals surface area contributed by atoms with Crippen molar-refractivity contribution < 1.29 is 29.3 Å². The number of aliphatic hydroxyl groups is 2. The van der Waals surface area contributed by atoms with Crippen LogP contribution < -0.4 is 0 Å². The third-order valence-corrected chi connectivity index (χ3v) is 6.06. The highest BCUT2D eigenvalue weighted by atomic mass is 16.5. The number of ether oxygens (including phenoxy) is 2. The number of hydrogen-bond acceptors (Lipinski definition) is 6. The summed E-state index contributed by atoms with van der Waals surface area (Å²) in [5, 5.41) is 19.5. The summed E-state index contributed by atoms with van der Waals surface area (Å²) in [6, 6.07) is 8.46. The van der Waals surface area contributed by atoms with Crippen LogP contribution in [0.5, 0.6) is 0 Å². The molecule has 6 nitrogen and oxygen atoms in total. The quantitative estimate of drug-likeness (QED) is 0.119. The van der Waals surface area contributed by atoms with Crippen LogP contribution in [0.15, 0.2) is 54.6 Å². The topological polar surface area (TPSA) is 93.1 Å². The Hall–Kier alpha value is -2.44. The molecule has 0 unspecified atom stereocenters. The molecule has 0 atom stereocenters. The molecule has 0 aliphatic carbocycles. The van der Waals surface area contributed by atoms with Crippen LogP contribution in [0.4, 0.5) is 0 Å². The van der Waals surface area contributed by atoms with Gasteiger partial charge in [0.15, 0.2) is 0 Å². The highest BCUT2D eigenvalue weighted by Crippen LogP contribution is 2.19. The van der Waals surface area contributed by atoms with E-state index in [1.165, 1.54) is 25.7 Å². The second-order valence-electron chi connectivity index (χ2n) is 9.40. The minimum atomic E-state index is -1.22. The van der Waals surface area contributed by atoms with E-state index in [1.54, 1.807) is 30.3 Å². The molecule has 6 heteroatoms. The van der Waals surface area contributed by atoms with E-state index < -0.39 is 24.6 Å². The Balaban J connectivity index is 2.12. The Morgan fingerprint density at radius 1 is 0.778 bits per heavy atom. The van der Waals surface area contributed by atoms with Gasteiger partial charge in [-0.1, -0.05) is 81.5 Å². The number of aliphatic hydroxyl groups excluding tert-OH is 2. The highest BCUT2D eigenvalue weighted by Gasteiger charge is 2.33. The van der Waals surface area contributed by atoms with Crippen molar-refractivity contribution in [2.75, 3.05) is 26.4 Å². The summed E-state index contributed by atoms with van der Waals surface area (Å²) in [4.78, 5) is 24.2. The van der Waals surface area contributed by atoms with Crippen molar-refractivity contribution in [3.05, 3.63) is 60.2 Å². The Morgan fingerprint density at radius 2 is 1.36 bits per heavy atom. The molecule has 0 spiro atoms. The number of esters is 2. The van der Waals surface area contributed by atoms with Crippen molar-refractivity contribution in [3.8, 4) is 0 Å². The number of carbonyl (C=O) groups is 2. The van der Waals surface area contributed by atoms with Gasteiger partial charge in [0.2, 0.25) is 0 Å². The lowest BCUT2D eigenvalue weighted by atomic mass is 9.92. The first-order chi connectivity index (χ1) is 17.6. The molecule has 1 rings (SSSR count). The zero-order valence-electron chi connectivity index (χ0n) is 22.0. The summed E-state index contributed by atoms with van der Waals surface area (Å²) in [6.45, 7) is 0.831. The molecule has 0 radical (unpaired) electrons. The molecule has 36 heavy (non-hydrogen) atoms. The van der Waals surface area contributed by atoms with E-state index in [4.69, 9.17) is 9.47 Å². The lowest BCUT2D eigenvalue weighted by molar-refractivity contribution is -0.151. The summed E-state index contributed by atoms with van der Waals surface area (Å²) in [6.07, 6.45) is 21.5. The lowest BCUT2D eigenvalue weighted by Gasteiger charge is -2.28. The van der Waals surface area contributed by atoms with Crippen molar-refractivity contribution in [2.24, 2.45) is 5.41 Å². The molecule has 0 amide bonds. The molecule has 0 aromatic heterocycles. The third-order valence-electron chi connectivity index (χ3n) is 6.06. The second kappa shape index (κ2) is 20.7. The van der Waals surface area contributed by atoms with E-state index in [0.29, 0.717) is 12.0 Å². The van der Waals surface area contributed by atoms with Gasteiger partial charge in [-0.25, -0.2) is 4.79 Å². The number of unbranched alkanes of at least 4 members (excludes halogenated alkanes) is 8. The smallest absolute Gasteiger partial charge is 0.338 e. The van der Waals surface area contributed by atoms with Gasteiger partial charge in [-0.3, -0.25) is 4.79 Å². The van der Waals surface area contributed by atoms with Crippen molar-refractivity contribution in [3.63, 3.8) is 0 Å². The lowest BCUT2D eigenvalue weighted by Crippen LogP contribution is -2.41. The number of hydrogen-bond donors (Lipinski definition) is 2. The number of allylic oxidation sites excluding steroid dienone is 4. The van der Waals surface area contributed by atoms with Crippen LogP contribution in [0, 0.1) is 5.41 Å². The van der Waals surface area contributed by atoms with E-state index >= 15 is 0 Å². The van der Waals surface area contributed by atoms with Crippen LogP contribution in [0.1, 0.15) is 94.3 Å². The van der Waals surface area contributed by atoms with Gasteiger partial charge >= 0.3 is 11.9 Å². The van der Waals surface area contributed by atoms with Gasteiger partial charge < -0.3 is 19.7 Å². The fourth-order valence-corrected chi connectivity index (χ4v) is 3.54. The van der Waals surface area contributed by atoms with E-state index in [0.717, 1.165) is 44.9 Å². The summed E-state index contributed by atoms with van der Waals surface area (Å²) >= 11 is 0. The van der Waals surface area contributed by atoms with Crippen LogP contribution >= 0.6 is 0 Å². The van der Waals surface area contributed by atoms with E-state index in [-0.39, 0.29) is 19.2 Å². The van der Waals surface area contributed by atoms with E-state index in [9.17, 15) is 19.8 Å². The van der Waals surface area contributed by atoms with Gasteiger partial charge in [0.1, 0.15) is 13.2 Å². The van der Waals surface area contributed by atoms with Crippen molar-refractivity contribution >= 4 is 11.9 Å². The Kier molecular flexibility index (Phi) is 18.2. The summed E-state index contributed by atoms with van der Waals surface area (Å²) in [5.41, 5.74) is -0.848. The van der Waals surface area contributed by atoms with Crippen LogP contribution in [0.2, 0.25) is 0 Å². The molecule has 0 fully saturated rings. The molecule has 1 aromatic rings. The van der Waals surface area contributed by atoms with Crippen molar-refractivity contribution in [1.82, 2.24) is 0 Å². The standard InChI is InChI=1S/C30H46O6/c1-2-3-4-5-6-7-8-9-10-11-12-13-14-15-19-22-28(33)35-25-30(23-31,24-32)26-36-29(34)27-20-17-16-18-21-27/h6-7,9-10,16-18,20-21,31-32H,2-5,8,11-15,19,22-26H2,1H3/b7-6-,10-9-. The van der Waals surface area contributed by atoms with Gasteiger partial charge in [-0.15, -0.1) is 0 Å². The van der Waals surface area contributed by atoms with Crippen LogP contribution in [-0.2, 0) is 14.3 Å². The van der Waals surface area contributed by atoms with Gasteiger partial charge in [0.25, 0.3) is 0 Å². The van der Waals surface area contributed by atoms with Crippen LogP contribution in [-0.4, -0.2) is 48.6 Å². The molecule has 0 bridgehead atoms. The highest BCUT2D eigenvalue weighted by molar-refractivity contribution is 5.89. The summed E-state index contributed by atoms with van der Waals surface area (Å²) in [5.74, 6) is -0.931. The van der Waals surface area contributed by atoms with Crippen LogP contribution in [0.25, 0.3) is 0 Å². The number of rotatable bonds is 21. The second-order valence-corrected chi connectivity index (χ2v) is 9.40. The maximum absolute atomic E-state index is 12.1. The average molecular weight is 503 g/mol. The van der Waals surface area contributed by atoms with Gasteiger partial charge in [-0.05, 0) is 50.7 Å². The molecular weight excluding hydrogens is 456 g/mol. The number of carbonyl (C=O) groups excluding carboxylic acids is 2. The Bertz CT molecular complexity index is 752. The molecule has 1 aromatic carbocycles. The largest absolute Gasteiger partial charge is 0.465 e. The van der Waals surface area contributed by atoms with Crippen LogP contribution in [0.3, 0.4) is 0 Å². The molecule has 0 saturated carbocycles. The fraction of sp³-hybridized carbons (Fsp3) is 0.600. The molecule has 0 aliphatic rings. The normalized spacial score (nSPS) is 11.9. The zero-order valence-corrected chi connectivity index (χ0v) is 22.0. The zero-order chi connectivity index (χ0) is 26.3.